The molecule has 0 aliphatic rings. The second-order valence-electron chi connectivity index (χ2n) is 5.03. The smallest absolute Gasteiger partial charge is 0.315 e. The quantitative estimate of drug-likeness (QED) is 0.766. The molecule has 2 aromatic rings. The van der Waals surface area contributed by atoms with Crippen LogP contribution in [0.4, 0.5) is 13.6 Å². The van der Waals surface area contributed by atoms with Crippen LogP contribution in [0.15, 0.2) is 48.5 Å². The van der Waals surface area contributed by atoms with Crippen molar-refractivity contribution in [1.82, 2.24) is 10.6 Å². The minimum atomic E-state index is -0.526. The summed E-state index contributed by atoms with van der Waals surface area (Å²) in [5, 5.41) is 14.6. The number of aliphatic hydroxyl groups excluding tert-OH is 1. The summed E-state index contributed by atoms with van der Waals surface area (Å²) in [7, 11) is 0. The summed E-state index contributed by atoms with van der Waals surface area (Å²) in [6.45, 7) is -0.0882. The molecule has 122 valence electrons. The summed E-state index contributed by atoms with van der Waals surface area (Å²) in [5.41, 5.74) is 0.980. The predicted molar refractivity (Wildman–Crippen MR) is 82.9 cm³/mol. The molecular formula is C17H18F2N2O2. The van der Waals surface area contributed by atoms with Gasteiger partial charge in [-0.2, -0.15) is 0 Å². The Morgan fingerprint density at radius 1 is 1.13 bits per heavy atom. The van der Waals surface area contributed by atoms with Crippen LogP contribution in [0.3, 0.4) is 0 Å². The summed E-state index contributed by atoms with van der Waals surface area (Å²) in [5.74, 6) is -1.03. The molecule has 2 aromatic carbocycles. The van der Waals surface area contributed by atoms with Crippen LogP contribution in [0.2, 0.25) is 0 Å². The Kier molecular flexibility index (Phi) is 6.05. The molecule has 2 rings (SSSR count). The van der Waals surface area contributed by atoms with Gasteiger partial charge >= 0.3 is 6.03 Å². The van der Waals surface area contributed by atoms with Gasteiger partial charge in [0.15, 0.2) is 0 Å². The first-order valence-corrected chi connectivity index (χ1v) is 7.24. The normalized spacial score (nSPS) is 11.8. The van der Waals surface area contributed by atoms with Gasteiger partial charge in [0.05, 0.1) is 12.6 Å². The lowest BCUT2D eigenvalue weighted by Crippen LogP contribution is -2.40. The second-order valence-corrected chi connectivity index (χ2v) is 5.03. The molecule has 23 heavy (non-hydrogen) atoms. The molecule has 0 bridgehead atoms. The average Bonchev–Trinajstić information content (AvgIpc) is 2.56. The maximum Gasteiger partial charge on any atom is 0.315 e. The van der Waals surface area contributed by atoms with E-state index in [-0.39, 0.29) is 25.1 Å². The van der Waals surface area contributed by atoms with Crippen LogP contribution in [0.5, 0.6) is 0 Å². The van der Waals surface area contributed by atoms with Gasteiger partial charge in [0, 0.05) is 6.54 Å². The molecular weight excluding hydrogens is 302 g/mol. The van der Waals surface area contributed by atoms with E-state index in [0.717, 1.165) is 23.8 Å². The monoisotopic (exact) mass is 320 g/mol. The zero-order chi connectivity index (χ0) is 16.7. The van der Waals surface area contributed by atoms with Crippen molar-refractivity contribution in [3.63, 3.8) is 0 Å². The van der Waals surface area contributed by atoms with E-state index in [9.17, 15) is 18.7 Å². The van der Waals surface area contributed by atoms with Gasteiger partial charge in [-0.1, -0.05) is 30.3 Å². The van der Waals surface area contributed by atoms with Gasteiger partial charge in [0.25, 0.3) is 0 Å². The number of aliphatic hydroxyl groups is 1. The van der Waals surface area contributed by atoms with E-state index in [1.807, 2.05) is 18.2 Å². The highest BCUT2D eigenvalue weighted by molar-refractivity contribution is 5.74. The molecule has 0 saturated carbocycles. The van der Waals surface area contributed by atoms with Crippen LogP contribution in [0.25, 0.3) is 0 Å². The number of rotatable bonds is 6. The zero-order valence-electron chi connectivity index (χ0n) is 12.4. The summed E-state index contributed by atoms with van der Waals surface area (Å²) < 4.78 is 26.5. The van der Waals surface area contributed by atoms with Crippen molar-refractivity contribution in [2.45, 2.75) is 12.5 Å². The van der Waals surface area contributed by atoms with Crippen LogP contribution < -0.4 is 10.6 Å². The maximum absolute atomic E-state index is 13.5. The molecule has 4 nitrogen and oxygen atoms in total. The van der Waals surface area contributed by atoms with Crippen molar-refractivity contribution in [3.8, 4) is 0 Å². The van der Waals surface area contributed by atoms with Gasteiger partial charge in [-0.25, -0.2) is 13.6 Å². The third-order valence-corrected chi connectivity index (χ3v) is 3.38. The van der Waals surface area contributed by atoms with E-state index in [4.69, 9.17) is 0 Å². The first kappa shape index (κ1) is 16.9. The van der Waals surface area contributed by atoms with Crippen LogP contribution in [-0.2, 0) is 6.42 Å². The first-order valence-electron chi connectivity index (χ1n) is 7.24. The SMILES string of the molecule is O=C(NCCc1cc(F)ccc1F)N[C@H](CO)c1ccccc1. The molecule has 0 aliphatic heterocycles. The zero-order valence-corrected chi connectivity index (χ0v) is 12.4. The molecule has 0 fully saturated rings. The van der Waals surface area contributed by atoms with Crippen molar-refractivity contribution < 1.29 is 18.7 Å². The van der Waals surface area contributed by atoms with Gasteiger partial charge < -0.3 is 15.7 Å². The standard InChI is InChI=1S/C17H18F2N2O2/c18-14-6-7-15(19)13(10-14)8-9-20-17(23)21-16(11-22)12-4-2-1-3-5-12/h1-7,10,16,22H,8-9,11H2,(H2,20,21,23)/t16-/m1/s1. The van der Waals surface area contributed by atoms with Gasteiger partial charge in [0.2, 0.25) is 0 Å². The second kappa shape index (κ2) is 8.24. The maximum atomic E-state index is 13.5. The lowest BCUT2D eigenvalue weighted by Gasteiger charge is -2.17. The van der Waals surface area contributed by atoms with Crippen molar-refractivity contribution in [1.29, 1.82) is 0 Å². The highest BCUT2D eigenvalue weighted by Crippen LogP contribution is 2.12. The summed E-state index contributed by atoms with van der Waals surface area (Å²) >= 11 is 0. The molecule has 0 aliphatic carbocycles. The summed E-state index contributed by atoms with van der Waals surface area (Å²) in [4.78, 5) is 11.8. The molecule has 3 N–H and O–H groups in total. The Morgan fingerprint density at radius 3 is 2.57 bits per heavy atom. The fourth-order valence-electron chi connectivity index (χ4n) is 2.17. The number of urea groups is 1. The Bertz CT molecular complexity index is 650. The van der Waals surface area contributed by atoms with E-state index in [1.165, 1.54) is 0 Å². The van der Waals surface area contributed by atoms with Crippen molar-refractivity contribution in [2.24, 2.45) is 0 Å². The topological polar surface area (TPSA) is 61.4 Å². The first-order chi connectivity index (χ1) is 11.1. The number of amides is 2. The Balaban J connectivity index is 1.84. The predicted octanol–water partition coefficient (Wildman–Crippen LogP) is 2.54. The van der Waals surface area contributed by atoms with Crippen LogP contribution >= 0.6 is 0 Å². The fraction of sp³-hybridized carbons (Fsp3) is 0.235. The molecule has 0 unspecified atom stereocenters. The van der Waals surface area contributed by atoms with E-state index in [2.05, 4.69) is 10.6 Å². The van der Waals surface area contributed by atoms with Crippen LogP contribution in [0, 0.1) is 11.6 Å². The Morgan fingerprint density at radius 2 is 1.87 bits per heavy atom. The molecule has 6 heteroatoms. The lowest BCUT2D eigenvalue weighted by atomic mass is 10.1. The number of hydrogen-bond acceptors (Lipinski definition) is 2. The minimum Gasteiger partial charge on any atom is -0.394 e. The Labute approximate surface area is 133 Å². The largest absolute Gasteiger partial charge is 0.394 e. The Hall–Kier alpha value is -2.47. The van der Waals surface area contributed by atoms with Crippen LogP contribution in [0.1, 0.15) is 17.2 Å². The third kappa shape index (κ3) is 5.03. The molecule has 0 spiro atoms. The van der Waals surface area contributed by atoms with Crippen molar-refractivity contribution in [3.05, 3.63) is 71.3 Å². The average molecular weight is 320 g/mol. The van der Waals surface area contributed by atoms with E-state index in [0.29, 0.717) is 0 Å². The number of benzene rings is 2. The minimum absolute atomic E-state index is 0.152. The van der Waals surface area contributed by atoms with Gasteiger partial charge in [0.1, 0.15) is 11.6 Å². The van der Waals surface area contributed by atoms with E-state index < -0.39 is 23.7 Å². The van der Waals surface area contributed by atoms with E-state index in [1.54, 1.807) is 12.1 Å². The molecule has 2 amide bonds. The van der Waals surface area contributed by atoms with Gasteiger partial charge in [-0.3, -0.25) is 0 Å². The number of nitrogens with one attached hydrogen (secondary N) is 2. The third-order valence-electron chi connectivity index (χ3n) is 3.38. The van der Waals surface area contributed by atoms with Gasteiger partial charge in [-0.15, -0.1) is 0 Å². The molecule has 0 heterocycles. The van der Waals surface area contributed by atoms with Crippen LogP contribution in [-0.4, -0.2) is 24.3 Å². The number of hydrogen-bond donors (Lipinski definition) is 3. The summed E-state index contributed by atoms with van der Waals surface area (Å²) in [6, 6.07) is 11.3. The highest BCUT2D eigenvalue weighted by Gasteiger charge is 2.13. The van der Waals surface area contributed by atoms with Crippen molar-refractivity contribution in [2.75, 3.05) is 13.2 Å². The summed E-state index contributed by atoms with van der Waals surface area (Å²) in [6.07, 6.45) is 0.173. The highest BCUT2D eigenvalue weighted by atomic mass is 19.1. The number of carbonyl (C=O) groups is 1. The molecule has 0 saturated heterocycles. The number of halogens is 2. The molecule has 0 aromatic heterocycles. The van der Waals surface area contributed by atoms with E-state index >= 15 is 0 Å². The fourth-order valence-corrected chi connectivity index (χ4v) is 2.17. The van der Waals surface area contributed by atoms with Gasteiger partial charge in [-0.05, 0) is 35.7 Å². The number of carbonyl (C=O) groups excluding carboxylic acids is 1. The lowest BCUT2D eigenvalue weighted by molar-refractivity contribution is 0.217. The van der Waals surface area contributed by atoms with Crippen molar-refractivity contribution >= 4 is 6.03 Å². The molecule has 0 radical (unpaired) electrons. The molecule has 1 atom stereocenters.